The summed E-state index contributed by atoms with van der Waals surface area (Å²) in [5, 5.41) is 37.9. The van der Waals surface area contributed by atoms with Gasteiger partial charge in [0, 0.05) is 52.8 Å². The standard InChI is InChI=1S/C30H18N2O8S4/c33-23(34)11-13-9-21(43-27(13)17-3-5-19(41-17)29(37)38)15-1-2-16(26-25(15)31-7-8-32-26)22-10-14(12-24(35)36)28(44-22)18-4-6-20(42-18)30(39)40/h1-10H,11-12H2,(H,33,34)(H,35,36)(H,37,38)(H,39,40). The second-order valence-corrected chi connectivity index (χ2v) is 13.7. The number of nitrogens with zero attached hydrogens (tertiary/aromatic N) is 2. The highest BCUT2D eigenvalue weighted by Gasteiger charge is 2.23. The van der Waals surface area contributed by atoms with Gasteiger partial charge >= 0.3 is 23.9 Å². The van der Waals surface area contributed by atoms with Gasteiger partial charge in [-0.2, -0.15) is 0 Å². The first kappa shape index (κ1) is 29.3. The number of aromatic carboxylic acids is 2. The van der Waals surface area contributed by atoms with Crippen LogP contribution in [0.4, 0.5) is 0 Å². The number of carboxylic acid groups (broad SMARTS) is 4. The minimum absolute atomic E-state index is 0.149. The summed E-state index contributed by atoms with van der Waals surface area (Å²) in [6.45, 7) is 0. The molecule has 0 aliphatic rings. The Labute approximate surface area is 263 Å². The number of hydrogen-bond donors (Lipinski definition) is 4. The van der Waals surface area contributed by atoms with E-state index in [1.165, 1.54) is 34.8 Å². The highest BCUT2D eigenvalue weighted by atomic mass is 32.1. The molecular formula is C30H18N2O8S4. The lowest BCUT2D eigenvalue weighted by Crippen LogP contribution is -1.99. The molecule has 0 saturated carbocycles. The fourth-order valence-corrected chi connectivity index (χ4v) is 9.13. The molecule has 5 aromatic heterocycles. The van der Waals surface area contributed by atoms with Crippen molar-refractivity contribution >= 4 is 80.3 Å². The lowest BCUT2D eigenvalue weighted by Gasteiger charge is -2.07. The van der Waals surface area contributed by atoms with Gasteiger partial charge in [0.1, 0.15) is 9.75 Å². The Morgan fingerprint density at radius 3 is 1.30 bits per heavy atom. The third-order valence-electron chi connectivity index (χ3n) is 6.54. The van der Waals surface area contributed by atoms with Crippen molar-refractivity contribution in [1.82, 2.24) is 9.97 Å². The van der Waals surface area contributed by atoms with Crippen molar-refractivity contribution in [2.75, 3.05) is 0 Å². The van der Waals surface area contributed by atoms with E-state index >= 15 is 0 Å². The predicted octanol–water partition coefficient (Wildman–Crippen LogP) is 7.19. The highest BCUT2D eigenvalue weighted by molar-refractivity contribution is 7.25. The number of carbonyl (C=O) groups is 4. The molecule has 0 bridgehead atoms. The number of aliphatic carboxylic acids is 2. The van der Waals surface area contributed by atoms with Crippen LogP contribution >= 0.6 is 45.3 Å². The monoisotopic (exact) mass is 662 g/mol. The van der Waals surface area contributed by atoms with Gasteiger partial charge in [-0.1, -0.05) is 12.1 Å². The molecule has 0 aliphatic carbocycles. The number of benzene rings is 1. The van der Waals surface area contributed by atoms with Gasteiger partial charge in [0.25, 0.3) is 0 Å². The average Bonchev–Trinajstić information content (AvgIpc) is 3.78. The molecule has 10 nitrogen and oxygen atoms in total. The molecule has 5 heterocycles. The molecule has 0 spiro atoms. The fourth-order valence-electron chi connectivity index (χ4n) is 4.73. The summed E-state index contributed by atoms with van der Waals surface area (Å²) in [5.41, 5.74) is 3.63. The van der Waals surface area contributed by atoms with Gasteiger partial charge in [0.05, 0.1) is 23.9 Å². The van der Waals surface area contributed by atoms with Crippen LogP contribution in [0.1, 0.15) is 30.5 Å². The first-order valence-corrected chi connectivity index (χ1v) is 16.0. The maximum absolute atomic E-state index is 11.7. The Morgan fingerprint density at radius 2 is 0.955 bits per heavy atom. The smallest absolute Gasteiger partial charge is 0.345 e. The summed E-state index contributed by atoms with van der Waals surface area (Å²) in [4.78, 5) is 59.9. The molecule has 6 rings (SSSR count). The topological polar surface area (TPSA) is 175 Å². The molecule has 0 fully saturated rings. The number of thiophene rings is 4. The number of hydrogen-bond acceptors (Lipinski definition) is 10. The van der Waals surface area contributed by atoms with Crippen LogP contribution in [0, 0.1) is 0 Å². The normalized spacial score (nSPS) is 11.2. The van der Waals surface area contributed by atoms with E-state index in [-0.39, 0.29) is 22.6 Å². The van der Waals surface area contributed by atoms with Crippen LogP contribution in [0.5, 0.6) is 0 Å². The molecule has 4 N–H and O–H groups in total. The van der Waals surface area contributed by atoms with Crippen LogP contribution in [0.3, 0.4) is 0 Å². The quantitative estimate of drug-likeness (QED) is 0.117. The lowest BCUT2D eigenvalue weighted by atomic mass is 10.0. The summed E-state index contributed by atoms with van der Waals surface area (Å²) in [7, 11) is 0. The minimum atomic E-state index is -1.06. The van der Waals surface area contributed by atoms with E-state index in [0.717, 1.165) is 32.4 Å². The Morgan fingerprint density at radius 1 is 0.545 bits per heavy atom. The van der Waals surface area contributed by atoms with E-state index in [2.05, 4.69) is 9.97 Å². The van der Waals surface area contributed by atoms with E-state index in [4.69, 9.17) is 0 Å². The summed E-state index contributed by atoms with van der Waals surface area (Å²) < 4.78 is 0. The van der Waals surface area contributed by atoms with Crippen LogP contribution < -0.4 is 0 Å². The third kappa shape index (κ3) is 5.63. The van der Waals surface area contributed by atoms with Gasteiger partial charge in [-0.3, -0.25) is 19.6 Å². The fraction of sp³-hybridized carbons (Fsp3) is 0.0667. The van der Waals surface area contributed by atoms with Crippen molar-refractivity contribution in [3.63, 3.8) is 0 Å². The van der Waals surface area contributed by atoms with Gasteiger partial charge < -0.3 is 20.4 Å². The van der Waals surface area contributed by atoms with Gasteiger partial charge in [0.15, 0.2) is 0 Å². The number of fused-ring (bicyclic) bond motifs is 1. The lowest BCUT2D eigenvalue weighted by molar-refractivity contribution is -0.137. The SMILES string of the molecule is O=C(O)Cc1cc(-c2ccc(-c3cc(CC(=O)O)c(-c4ccc(C(=O)O)s4)s3)c3nccnc23)sc1-c1ccc(C(=O)O)s1. The largest absolute Gasteiger partial charge is 0.481 e. The van der Waals surface area contributed by atoms with Gasteiger partial charge in [-0.05, 0) is 47.5 Å². The number of aromatic nitrogens is 2. The summed E-state index contributed by atoms with van der Waals surface area (Å²) >= 11 is 4.83. The zero-order chi connectivity index (χ0) is 31.1. The van der Waals surface area contributed by atoms with Crippen LogP contribution in [-0.2, 0) is 22.4 Å². The molecule has 0 radical (unpaired) electrons. The molecule has 14 heteroatoms. The summed E-state index contributed by atoms with van der Waals surface area (Å²) in [6, 6.07) is 13.6. The molecule has 6 aromatic rings. The Balaban J connectivity index is 1.48. The van der Waals surface area contributed by atoms with Crippen LogP contribution in [0.25, 0.3) is 51.4 Å². The molecule has 0 unspecified atom stereocenters. The minimum Gasteiger partial charge on any atom is -0.481 e. The Kier molecular flexibility index (Phi) is 7.82. The Bertz CT molecular complexity index is 1970. The van der Waals surface area contributed by atoms with E-state index in [1.807, 2.05) is 12.1 Å². The summed E-state index contributed by atoms with van der Waals surface area (Å²) in [6.07, 6.45) is 2.61. The van der Waals surface area contributed by atoms with E-state index in [1.54, 1.807) is 36.7 Å². The van der Waals surface area contributed by atoms with Crippen molar-refractivity contribution in [1.29, 1.82) is 0 Å². The highest BCUT2D eigenvalue weighted by Crippen LogP contribution is 2.46. The molecule has 220 valence electrons. The maximum Gasteiger partial charge on any atom is 0.345 e. The van der Waals surface area contributed by atoms with Crippen LogP contribution in [0.15, 0.2) is 60.9 Å². The first-order chi connectivity index (χ1) is 21.1. The molecule has 1 aromatic carbocycles. The van der Waals surface area contributed by atoms with E-state index < -0.39 is 23.9 Å². The van der Waals surface area contributed by atoms with Gasteiger partial charge in [-0.15, -0.1) is 45.3 Å². The third-order valence-corrected chi connectivity index (χ3v) is 11.5. The molecule has 0 saturated heterocycles. The average molecular weight is 663 g/mol. The molecule has 44 heavy (non-hydrogen) atoms. The number of rotatable bonds is 10. The predicted molar refractivity (Wildman–Crippen MR) is 169 cm³/mol. The maximum atomic E-state index is 11.7. The molecule has 0 aliphatic heterocycles. The number of carboxylic acids is 4. The van der Waals surface area contributed by atoms with Crippen LogP contribution in [-0.4, -0.2) is 54.3 Å². The molecule has 0 amide bonds. The van der Waals surface area contributed by atoms with Crippen molar-refractivity contribution in [3.05, 3.63) is 81.8 Å². The zero-order valence-corrected chi connectivity index (χ0v) is 25.4. The van der Waals surface area contributed by atoms with Crippen molar-refractivity contribution < 1.29 is 39.6 Å². The molecule has 0 atom stereocenters. The van der Waals surface area contributed by atoms with Crippen molar-refractivity contribution in [3.8, 4) is 40.4 Å². The first-order valence-electron chi connectivity index (χ1n) is 12.7. The Hall–Kier alpha value is -4.76. The van der Waals surface area contributed by atoms with Crippen molar-refractivity contribution in [2.24, 2.45) is 0 Å². The second kappa shape index (κ2) is 11.7. The van der Waals surface area contributed by atoms with Crippen molar-refractivity contribution in [2.45, 2.75) is 12.8 Å². The molecular weight excluding hydrogens is 645 g/mol. The zero-order valence-electron chi connectivity index (χ0n) is 22.1. The van der Waals surface area contributed by atoms with Gasteiger partial charge in [0.2, 0.25) is 0 Å². The van der Waals surface area contributed by atoms with E-state index in [0.29, 0.717) is 52.8 Å². The van der Waals surface area contributed by atoms with E-state index in [9.17, 15) is 39.6 Å². The summed E-state index contributed by atoms with van der Waals surface area (Å²) in [5.74, 6) is -4.14. The van der Waals surface area contributed by atoms with Crippen LogP contribution in [0.2, 0.25) is 0 Å². The van der Waals surface area contributed by atoms with Gasteiger partial charge in [-0.25, -0.2) is 9.59 Å². The second-order valence-electron chi connectivity index (χ2n) is 9.42.